The highest BCUT2D eigenvalue weighted by molar-refractivity contribution is 8.01. The van der Waals surface area contributed by atoms with Gasteiger partial charge in [0.15, 0.2) is 4.34 Å². The first-order valence-corrected chi connectivity index (χ1v) is 8.78. The van der Waals surface area contributed by atoms with Gasteiger partial charge in [0.1, 0.15) is 0 Å². The molecule has 0 atom stereocenters. The van der Waals surface area contributed by atoms with Gasteiger partial charge in [-0.3, -0.25) is 10.1 Å². The maximum atomic E-state index is 11.7. The summed E-state index contributed by atoms with van der Waals surface area (Å²) in [5.41, 5.74) is -0.381. The Morgan fingerprint density at radius 1 is 1.27 bits per heavy atom. The number of carbonyl (C=O) groups excluding carboxylic acids is 2. The number of aromatic nitrogens is 2. The van der Waals surface area contributed by atoms with Crippen molar-refractivity contribution in [2.24, 2.45) is 5.92 Å². The molecule has 1 aromatic rings. The lowest BCUT2D eigenvalue weighted by molar-refractivity contribution is -0.117. The molecule has 0 aromatic carbocycles. The average Bonchev–Trinajstić information content (AvgIpc) is 2.79. The van der Waals surface area contributed by atoms with Crippen molar-refractivity contribution in [3.63, 3.8) is 0 Å². The second-order valence-corrected chi connectivity index (χ2v) is 8.39. The molecule has 0 spiro atoms. The summed E-state index contributed by atoms with van der Waals surface area (Å²) in [4.78, 5) is 23.2. The van der Waals surface area contributed by atoms with Gasteiger partial charge in [-0.15, -0.1) is 10.2 Å². The predicted molar refractivity (Wildman–Crippen MR) is 90.4 cm³/mol. The molecule has 0 saturated carbocycles. The lowest BCUT2D eigenvalue weighted by Crippen LogP contribution is -2.48. The van der Waals surface area contributed by atoms with Crippen molar-refractivity contribution in [1.29, 1.82) is 0 Å². The molecule has 0 fully saturated rings. The van der Waals surface area contributed by atoms with E-state index in [4.69, 9.17) is 0 Å². The van der Waals surface area contributed by atoms with E-state index in [2.05, 4.69) is 40.0 Å². The lowest BCUT2D eigenvalue weighted by Gasteiger charge is -2.20. The minimum Gasteiger partial charge on any atom is -0.360 e. The normalized spacial score (nSPS) is 11.4. The highest BCUT2D eigenvalue weighted by Gasteiger charge is 2.16. The van der Waals surface area contributed by atoms with Crippen LogP contribution in [0.5, 0.6) is 0 Å². The molecule has 1 aromatic heterocycles. The molecule has 0 aliphatic heterocycles. The third kappa shape index (κ3) is 8.18. The number of imide groups is 1. The first-order valence-electron chi connectivity index (χ1n) is 6.98. The largest absolute Gasteiger partial charge is 0.360 e. The second kappa shape index (κ2) is 8.33. The predicted octanol–water partition coefficient (Wildman–Crippen LogP) is 2.32. The highest BCUT2D eigenvalue weighted by atomic mass is 32.2. The van der Waals surface area contributed by atoms with E-state index < -0.39 is 6.03 Å². The molecule has 7 nitrogen and oxygen atoms in total. The van der Waals surface area contributed by atoms with Crippen LogP contribution < -0.4 is 16.0 Å². The second-order valence-electron chi connectivity index (χ2n) is 6.19. The first-order chi connectivity index (χ1) is 10.2. The molecule has 0 aliphatic carbocycles. The van der Waals surface area contributed by atoms with Crippen LogP contribution in [0, 0.1) is 5.92 Å². The van der Waals surface area contributed by atoms with Crippen molar-refractivity contribution in [3.05, 3.63) is 0 Å². The summed E-state index contributed by atoms with van der Waals surface area (Å²) < 4.78 is 0.692. The molecule has 3 N–H and O–H groups in total. The van der Waals surface area contributed by atoms with Crippen molar-refractivity contribution in [1.82, 2.24) is 20.8 Å². The molecule has 0 saturated heterocycles. The van der Waals surface area contributed by atoms with Crippen molar-refractivity contribution in [3.8, 4) is 0 Å². The first kappa shape index (κ1) is 18.7. The lowest BCUT2D eigenvalue weighted by atomic mass is 10.1. The fraction of sp³-hybridized carbons (Fsp3) is 0.692. The van der Waals surface area contributed by atoms with Crippen LogP contribution in [0.2, 0.25) is 0 Å². The SMILES string of the molecule is CC(C)CNc1nnc(SCC(=O)NC(=O)NC(C)(C)C)s1. The molecular weight excluding hydrogens is 322 g/mol. The van der Waals surface area contributed by atoms with E-state index in [0.717, 1.165) is 11.7 Å². The van der Waals surface area contributed by atoms with Gasteiger partial charge in [-0.2, -0.15) is 0 Å². The molecule has 3 amide bonds. The summed E-state index contributed by atoms with van der Waals surface area (Å²) in [6.45, 7) is 10.6. The van der Waals surface area contributed by atoms with Gasteiger partial charge in [-0.25, -0.2) is 4.79 Å². The van der Waals surface area contributed by atoms with Crippen LogP contribution in [0.15, 0.2) is 4.34 Å². The van der Waals surface area contributed by atoms with Crippen LogP contribution in [-0.2, 0) is 4.79 Å². The van der Waals surface area contributed by atoms with Gasteiger partial charge < -0.3 is 10.6 Å². The number of nitrogens with one attached hydrogen (secondary N) is 3. The smallest absolute Gasteiger partial charge is 0.321 e. The zero-order chi connectivity index (χ0) is 16.8. The third-order valence-electron chi connectivity index (χ3n) is 2.14. The van der Waals surface area contributed by atoms with Gasteiger partial charge >= 0.3 is 6.03 Å². The van der Waals surface area contributed by atoms with Crippen molar-refractivity contribution in [2.45, 2.75) is 44.5 Å². The van der Waals surface area contributed by atoms with Crippen LogP contribution in [0.1, 0.15) is 34.6 Å². The van der Waals surface area contributed by atoms with E-state index in [0.29, 0.717) is 10.3 Å². The Morgan fingerprint density at radius 3 is 2.55 bits per heavy atom. The molecule has 0 bridgehead atoms. The number of hydrogen-bond donors (Lipinski definition) is 3. The Labute approximate surface area is 139 Å². The fourth-order valence-corrected chi connectivity index (χ4v) is 2.85. The highest BCUT2D eigenvalue weighted by Crippen LogP contribution is 2.25. The van der Waals surface area contributed by atoms with Gasteiger partial charge in [-0.1, -0.05) is 36.9 Å². The van der Waals surface area contributed by atoms with E-state index in [-0.39, 0.29) is 17.2 Å². The Hall–Kier alpha value is -1.35. The minimum atomic E-state index is -0.491. The number of anilines is 1. The average molecular weight is 345 g/mol. The Morgan fingerprint density at radius 2 is 1.95 bits per heavy atom. The number of amides is 3. The maximum absolute atomic E-state index is 11.7. The zero-order valence-corrected chi connectivity index (χ0v) is 15.2. The molecular formula is C13H23N5O2S2. The molecule has 0 radical (unpaired) electrons. The summed E-state index contributed by atoms with van der Waals surface area (Å²) in [5.74, 6) is 0.280. The van der Waals surface area contributed by atoms with E-state index in [1.165, 1.54) is 23.1 Å². The molecule has 1 rings (SSSR count). The molecule has 22 heavy (non-hydrogen) atoms. The standard InChI is InChI=1S/C13H23N5O2S2/c1-8(2)6-14-11-17-18-12(22-11)21-7-9(19)15-10(20)16-13(3,4)5/h8H,6-7H2,1-5H3,(H,14,17)(H2,15,16,19,20). The number of rotatable bonds is 6. The maximum Gasteiger partial charge on any atom is 0.321 e. The summed E-state index contributed by atoms with van der Waals surface area (Å²) in [6, 6.07) is -0.491. The Bertz CT molecular complexity index is 511. The molecule has 124 valence electrons. The van der Waals surface area contributed by atoms with Crippen molar-refractivity contribution < 1.29 is 9.59 Å². The number of nitrogens with zero attached hydrogens (tertiary/aromatic N) is 2. The van der Waals surface area contributed by atoms with Crippen molar-refractivity contribution in [2.75, 3.05) is 17.6 Å². The Kier molecular flexibility index (Phi) is 7.08. The summed E-state index contributed by atoms with van der Waals surface area (Å²) in [5, 5.41) is 16.9. The van der Waals surface area contributed by atoms with Crippen LogP contribution in [0.4, 0.5) is 9.93 Å². The molecule has 1 heterocycles. The van der Waals surface area contributed by atoms with Crippen molar-refractivity contribution >= 4 is 40.2 Å². The van der Waals surface area contributed by atoms with E-state index in [1.54, 1.807) is 0 Å². The van der Waals surface area contributed by atoms with Gasteiger partial charge in [0.05, 0.1) is 5.75 Å². The number of thioether (sulfide) groups is 1. The van der Waals surface area contributed by atoms with Crippen LogP contribution >= 0.6 is 23.1 Å². The number of urea groups is 1. The third-order valence-corrected chi connectivity index (χ3v) is 4.15. The van der Waals surface area contributed by atoms with Crippen LogP contribution in [0.25, 0.3) is 0 Å². The minimum absolute atomic E-state index is 0.121. The van der Waals surface area contributed by atoms with Gasteiger partial charge in [0.2, 0.25) is 11.0 Å². The van der Waals surface area contributed by atoms with Crippen LogP contribution in [0.3, 0.4) is 0 Å². The summed E-state index contributed by atoms with van der Waals surface area (Å²) in [7, 11) is 0. The molecule has 0 aliphatic rings. The van der Waals surface area contributed by atoms with E-state index in [1.807, 2.05) is 20.8 Å². The zero-order valence-electron chi connectivity index (χ0n) is 13.5. The monoisotopic (exact) mass is 345 g/mol. The number of carbonyl (C=O) groups is 2. The summed E-state index contributed by atoms with van der Waals surface area (Å²) >= 11 is 2.65. The van der Waals surface area contributed by atoms with Gasteiger partial charge in [0, 0.05) is 12.1 Å². The fourth-order valence-electron chi connectivity index (χ4n) is 1.29. The van der Waals surface area contributed by atoms with Gasteiger partial charge in [0.25, 0.3) is 0 Å². The van der Waals surface area contributed by atoms with E-state index in [9.17, 15) is 9.59 Å². The number of hydrogen-bond acceptors (Lipinski definition) is 7. The van der Waals surface area contributed by atoms with Gasteiger partial charge in [-0.05, 0) is 26.7 Å². The molecule has 0 unspecified atom stereocenters. The Balaban J connectivity index is 2.33. The quantitative estimate of drug-likeness (QED) is 0.685. The summed E-state index contributed by atoms with van der Waals surface area (Å²) in [6.07, 6.45) is 0. The van der Waals surface area contributed by atoms with E-state index >= 15 is 0 Å². The topological polar surface area (TPSA) is 96.0 Å². The molecule has 9 heteroatoms. The van der Waals surface area contributed by atoms with Crippen LogP contribution in [-0.4, -0.2) is 40.0 Å².